The molecule has 0 aliphatic carbocycles. The van der Waals surface area contributed by atoms with E-state index in [9.17, 15) is 9.59 Å². The van der Waals surface area contributed by atoms with E-state index in [0.29, 0.717) is 12.1 Å². The lowest BCUT2D eigenvalue weighted by Crippen LogP contribution is -2.28. The summed E-state index contributed by atoms with van der Waals surface area (Å²) in [5.74, 6) is -1.13. The maximum absolute atomic E-state index is 10.7. The summed E-state index contributed by atoms with van der Waals surface area (Å²) in [5, 5.41) is 2.72. The summed E-state index contributed by atoms with van der Waals surface area (Å²) in [6, 6.07) is 0. The Morgan fingerprint density at radius 1 is 1.33 bits per heavy atom. The van der Waals surface area contributed by atoms with Crippen molar-refractivity contribution in [2.24, 2.45) is 11.5 Å². The van der Waals surface area contributed by atoms with Crippen molar-refractivity contribution >= 4 is 11.8 Å². The lowest BCUT2D eigenvalue weighted by molar-refractivity contribution is -0.114. The summed E-state index contributed by atoms with van der Waals surface area (Å²) in [7, 11) is 0. The highest BCUT2D eigenvalue weighted by atomic mass is 16.1. The predicted molar refractivity (Wildman–Crippen MR) is 42.6 cm³/mol. The highest BCUT2D eigenvalue weighted by Gasteiger charge is 2.12. The minimum Gasteiger partial charge on any atom is -0.386 e. The quantitative estimate of drug-likeness (QED) is 0.460. The summed E-state index contributed by atoms with van der Waals surface area (Å²) in [6.45, 7) is 0.339. The molecule has 0 spiro atoms. The molecule has 0 fully saturated rings. The number of amides is 2. The van der Waals surface area contributed by atoms with Crippen LogP contribution in [0, 0.1) is 0 Å². The van der Waals surface area contributed by atoms with Crippen LogP contribution in [0.25, 0.3) is 0 Å². The molecule has 0 radical (unpaired) electrons. The second kappa shape index (κ2) is 3.08. The van der Waals surface area contributed by atoms with Crippen LogP contribution in [0.2, 0.25) is 0 Å². The van der Waals surface area contributed by atoms with Crippen LogP contribution in [0.5, 0.6) is 0 Å². The summed E-state index contributed by atoms with van der Waals surface area (Å²) >= 11 is 0. The van der Waals surface area contributed by atoms with Crippen molar-refractivity contribution in [1.29, 1.82) is 0 Å². The van der Waals surface area contributed by atoms with Crippen LogP contribution in [-0.4, -0.2) is 18.4 Å². The Morgan fingerprint density at radius 3 is 2.50 bits per heavy atom. The summed E-state index contributed by atoms with van der Waals surface area (Å²) in [4.78, 5) is 21.3. The van der Waals surface area contributed by atoms with Crippen LogP contribution in [-0.2, 0) is 9.59 Å². The molecule has 0 unspecified atom stereocenters. The van der Waals surface area contributed by atoms with E-state index in [1.165, 1.54) is 12.3 Å². The van der Waals surface area contributed by atoms with Crippen molar-refractivity contribution in [1.82, 2.24) is 5.32 Å². The molecule has 5 N–H and O–H groups in total. The van der Waals surface area contributed by atoms with Crippen LogP contribution in [0.1, 0.15) is 0 Å². The molecule has 12 heavy (non-hydrogen) atoms. The zero-order chi connectivity index (χ0) is 9.14. The molecule has 1 aliphatic rings. The highest BCUT2D eigenvalue weighted by Crippen LogP contribution is 2.05. The lowest BCUT2D eigenvalue weighted by atomic mass is 10.1. The first-order valence-electron chi connectivity index (χ1n) is 3.35. The van der Waals surface area contributed by atoms with Gasteiger partial charge in [-0.15, -0.1) is 0 Å². The zero-order valence-corrected chi connectivity index (χ0v) is 6.33. The van der Waals surface area contributed by atoms with Crippen molar-refractivity contribution in [3.05, 3.63) is 23.4 Å². The molecule has 2 amide bonds. The smallest absolute Gasteiger partial charge is 0.250 e. The van der Waals surface area contributed by atoms with Crippen molar-refractivity contribution < 1.29 is 9.59 Å². The monoisotopic (exact) mass is 167 g/mol. The SMILES string of the molecule is NC(=O)C1=CNCC(C(N)=O)=C1. The van der Waals surface area contributed by atoms with Crippen LogP contribution >= 0.6 is 0 Å². The van der Waals surface area contributed by atoms with Crippen molar-refractivity contribution in [2.75, 3.05) is 6.54 Å². The van der Waals surface area contributed by atoms with Gasteiger partial charge >= 0.3 is 0 Å². The van der Waals surface area contributed by atoms with Gasteiger partial charge in [-0.3, -0.25) is 9.59 Å². The topological polar surface area (TPSA) is 98.2 Å². The Morgan fingerprint density at radius 2 is 2.00 bits per heavy atom. The van der Waals surface area contributed by atoms with E-state index in [1.807, 2.05) is 0 Å². The molecule has 0 bridgehead atoms. The number of rotatable bonds is 2. The third-order valence-electron chi connectivity index (χ3n) is 1.48. The van der Waals surface area contributed by atoms with Gasteiger partial charge in [0, 0.05) is 18.3 Å². The lowest BCUT2D eigenvalue weighted by Gasteiger charge is -2.10. The molecule has 5 heteroatoms. The number of dihydropyridines is 1. The van der Waals surface area contributed by atoms with Crippen LogP contribution in [0.3, 0.4) is 0 Å². The second-order valence-electron chi connectivity index (χ2n) is 2.38. The normalized spacial score (nSPS) is 15.7. The van der Waals surface area contributed by atoms with Crippen LogP contribution < -0.4 is 16.8 Å². The molecule has 1 rings (SSSR count). The zero-order valence-electron chi connectivity index (χ0n) is 6.33. The number of hydrogen-bond donors (Lipinski definition) is 3. The van der Waals surface area contributed by atoms with E-state index in [2.05, 4.69) is 5.32 Å². The Labute approximate surface area is 69.1 Å². The number of nitrogens with one attached hydrogen (secondary N) is 1. The average molecular weight is 167 g/mol. The van der Waals surface area contributed by atoms with Crippen molar-refractivity contribution in [3.63, 3.8) is 0 Å². The van der Waals surface area contributed by atoms with Gasteiger partial charge < -0.3 is 16.8 Å². The standard InChI is InChI=1S/C7H9N3O2/c8-6(11)4-1-5(7(9)12)3-10-2-4/h1-2,10H,3H2,(H2,8,11)(H2,9,12). The van der Waals surface area contributed by atoms with Gasteiger partial charge in [0.1, 0.15) is 0 Å². The van der Waals surface area contributed by atoms with Crippen molar-refractivity contribution in [2.45, 2.75) is 0 Å². The van der Waals surface area contributed by atoms with E-state index in [-0.39, 0.29) is 5.57 Å². The first-order chi connectivity index (χ1) is 5.61. The molecular formula is C7H9N3O2. The van der Waals surface area contributed by atoms with E-state index < -0.39 is 11.8 Å². The molecule has 0 aromatic carbocycles. The molecule has 64 valence electrons. The molecule has 0 atom stereocenters. The summed E-state index contributed by atoms with van der Waals surface area (Å²) in [5.41, 5.74) is 10.6. The summed E-state index contributed by atoms with van der Waals surface area (Å²) in [6.07, 6.45) is 2.84. The van der Waals surface area contributed by atoms with Gasteiger partial charge in [0.2, 0.25) is 11.8 Å². The maximum atomic E-state index is 10.7. The maximum Gasteiger partial charge on any atom is 0.250 e. The van der Waals surface area contributed by atoms with Gasteiger partial charge in [-0.2, -0.15) is 0 Å². The van der Waals surface area contributed by atoms with E-state index in [4.69, 9.17) is 11.5 Å². The third-order valence-corrected chi connectivity index (χ3v) is 1.48. The molecule has 1 heterocycles. The van der Waals surface area contributed by atoms with Gasteiger partial charge in [-0.1, -0.05) is 0 Å². The number of carbonyl (C=O) groups excluding carboxylic acids is 2. The minimum atomic E-state index is -0.582. The number of hydrogen-bond acceptors (Lipinski definition) is 3. The Balaban J connectivity index is 2.88. The number of nitrogens with two attached hydrogens (primary N) is 2. The van der Waals surface area contributed by atoms with Crippen molar-refractivity contribution in [3.8, 4) is 0 Å². The fourth-order valence-corrected chi connectivity index (χ4v) is 0.852. The van der Waals surface area contributed by atoms with E-state index >= 15 is 0 Å². The van der Waals surface area contributed by atoms with Gasteiger partial charge in [0.15, 0.2) is 0 Å². The van der Waals surface area contributed by atoms with Gasteiger partial charge in [-0.05, 0) is 6.08 Å². The molecule has 0 saturated heterocycles. The van der Waals surface area contributed by atoms with Gasteiger partial charge in [0.05, 0.1) is 5.57 Å². The molecule has 0 aromatic heterocycles. The first-order valence-corrected chi connectivity index (χ1v) is 3.35. The molecule has 0 saturated carbocycles. The molecular weight excluding hydrogens is 158 g/mol. The highest BCUT2D eigenvalue weighted by molar-refractivity contribution is 6.00. The fraction of sp³-hybridized carbons (Fsp3) is 0.143. The second-order valence-corrected chi connectivity index (χ2v) is 2.38. The van der Waals surface area contributed by atoms with E-state index in [1.54, 1.807) is 0 Å². The molecule has 1 aliphatic heterocycles. The largest absolute Gasteiger partial charge is 0.386 e. The van der Waals surface area contributed by atoms with Crippen LogP contribution in [0.15, 0.2) is 23.4 Å². The number of carbonyl (C=O) groups is 2. The number of primary amides is 2. The Bertz CT molecular complexity index is 291. The summed E-state index contributed by atoms with van der Waals surface area (Å²) < 4.78 is 0. The minimum absolute atomic E-state index is 0.259. The molecule has 0 aromatic rings. The Kier molecular flexibility index (Phi) is 2.14. The van der Waals surface area contributed by atoms with Gasteiger partial charge in [0.25, 0.3) is 0 Å². The molecule has 5 nitrogen and oxygen atoms in total. The third kappa shape index (κ3) is 1.63. The Hall–Kier alpha value is -1.78. The van der Waals surface area contributed by atoms with Gasteiger partial charge in [-0.25, -0.2) is 0 Å². The average Bonchev–Trinajstić information content (AvgIpc) is 2.04. The van der Waals surface area contributed by atoms with E-state index in [0.717, 1.165) is 0 Å². The predicted octanol–water partition coefficient (Wildman–Crippen LogP) is -1.63. The first kappa shape index (κ1) is 8.32. The van der Waals surface area contributed by atoms with Crippen LogP contribution in [0.4, 0.5) is 0 Å². The fourth-order valence-electron chi connectivity index (χ4n) is 0.852.